The van der Waals surface area contributed by atoms with Gasteiger partial charge in [0.05, 0.1) is 0 Å². The van der Waals surface area contributed by atoms with E-state index in [1.54, 1.807) is 0 Å². The largest absolute Gasteiger partial charge is 0.209 e. The molecule has 0 aliphatic heterocycles. The van der Waals surface area contributed by atoms with Crippen LogP contribution in [0.5, 0.6) is 0 Å². The van der Waals surface area contributed by atoms with Gasteiger partial charge >= 0.3 is 0 Å². The molecule has 22 aromatic rings. The first kappa shape index (κ1) is 120. The van der Waals surface area contributed by atoms with Crippen molar-refractivity contribution in [3.8, 4) is 111 Å². The molecule has 0 unspecified atom stereocenters. The van der Waals surface area contributed by atoms with Crippen molar-refractivity contribution in [1.29, 1.82) is 0 Å². The molecular weight excluding hydrogens is 2140 g/mol. The third kappa shape index (κ3) is 26.6. The molecule has 0 fully saturated rings. The third-order valence-electron chi connectivity index (χ3n) is 25.3. The van der Waals surface area contributed by atoms with Crippen LogP contribution in [-0.4, -0.2) is 0 Å². The normalized spacial score (nSPS) is 10.7. The first-order valence-electron chi connectivity index (χ1n) is 51.5. The van der Waals surface area contributed by atoms with Crippen LogP contribution >= 0.6 is 0 Å². The van der Waals surface area contributed by atoms with Gasteiger partial charge in [-0.05, 0) is 64.8 Å². The number of fused-ring (bicyclic) bond motifs is 24. The van der Waals surface area contributed by atoms with Crippen molar-refractivity contribution in [1.82, 2.24) is 0 Å². The number of hydrogen-bond donors (Lipinski definition) is 0. The second-order valence-corrected chi connectivity index (χ2v) is 32.6. The Morgan fingerprint density at radius 1 is 0.164 bits per heavy atom. The summed E-state index contributed by atoms with van der Waals surface area (Å²) in [6, 6.07) is 173. The van der Waals surface area contributed by atoms with E-state index in [-0.39, 0.29) is 164 Å². The van der Waals surface area contributed by atoms with Gasteiger partial charge in [-0.3, -0.25) is 0 Å². The van der Waals surface area contributed by atoms with Crippen LogP contribution in [0.15, 0.2) is 388 Å². The molecule has 0 saturated heterocycles. The first-order chi connectivity index (χ1) is 69.9. The number of benzene rings is 22. The van der Waals surface area contributed by atoms with E-state index in [0.29, 0.717) is 0 Å². The minimum atomic E-state index is 0. The van der Waals surface area contributed by atoms with Gasteiger partial charge in [0.2, 0.25) is 0 Å². The van der Waals surface area contributed by atoms with Gasteiger partial charge in [-0.25, -0.2) is 27.8 Å². The molecule has 5 heteroatoms. The maximum absolute atomic E-state index is 3.77. The van der Waals surface area contributed by atoms with Crippen molar-refractivity contribution < 1.29 is 164 Å². The topological polar surface area (TPSA) is 0 Å². The maximum Gasteiger partial charge on any atom is 0 e. The van der Waals surface area contributed by atoms with Gasteiger partial charge in [0, 0.05) is 164 Å². The van der Waals surface area contributed by atoms with E-state index in [1.165, 1.54) is 187 Å². The Kier molecular flexibility index (Phi) is 49.3. The summed E-state index contributed by atoms with van der Waals surface area (Å²) in [6.07, 6.45) is 5.00. The van der Waals surface area contributed by atoms with Crippen LogP contribution in [0.25, 0.3) is 187 Å². The zero-order valence-corrected chi connectivity index (χ0v) is 103. The fourth-order valence-electron chi connectivity index (χ4n) is 19.4. The Hall–Kier alpha value is -9.82. The van der Waals surface area contributed by atoms with E-state index < -0.39 is 0 Å². The Balaban J connectivity index is 0.000000194. The van der Waals surface area contributed by atoms with E-state index >= 15 is 0 Å². The molecule has 0 spiro atoms. The zero-order valence-electron chi connectivity index (χ0n) is 88.4. The summed E-state index contributed by atoms with van der Waals surface area (Å²) in [4.78, 5) is 0. The van der Waals surface area contributed by atoms with Crippen LogP contribution in [0.4, 0.5) is 0 Å². The summed E-state index contributed by atoms with van der Waals surface area (Å²) in [6.45, 7) is 36.0. The minimum absolute atomic E-state index is 0. The quantitative estimate of drug-likeness (QED) is 0.151. The second-order valence-electron chi connectivity index (χ2n) is 32.6. The maximum atomic E-state index is 3.77. The Bertz CT molecular complexity index is 7980. The van der Waals surface area contributed by atoms with Crippen LogP contribution in [0.2, 0.25) is 0 Å². The van der Waals surface area contributed by atoms with Crippen LogP contribution in [0, 0.1) is 60.7 Å². The molecule has 0 atom stereocenters. The van der Waals surface area contributed by atoms with E-state index in [0.717, 1.165) is 87.6 Å². The fraction of sp³-hybridized carbons (Fsp3) is 0.163. The van der Waals surface area contributed by atoms with E-state index in [9.17, 15) is 0 Å². The molecule has 146 heavy (non-hydrogen) atoms. The van der Waals surface area contributed by atoms with Crippen LogP contribution in [0.3, 0.4) is 0 Å². The van der Waals surface area contributed by atoms with Crippen LogP contribution < -0.4 is 0 Å². The van der Waals surface area contributed by atoms with E-state index in [4.69, 9.17) is 0 Å². The SMILES string of the molecule is CC.CC.CC.CC.CC.CC.CC.CC.CC.[Y].[Y].[Y].[Y].[Y].[c-]1cc2ccccc2cc1-c1[c-]c2c(cc1)Cc1ccccc1-2.[c-]1cc2ccccc2cc1-c1[c-]c2ccccc2c2c1-c1cc3ccccc3cc1C2.[c-]1ccc2c(c1-c1[c-]c3ccccc3cc1)-c1ccccc1C2.[c-]1ccccc1-c1[c-]c2c(c3ccccc13)Cc1ccccc1-2.[c-]1ccccc1-c1[c-]c2c(cc1)Cc1cc3ccccc3cc1-2. The molecule has 27 rings (SSSR count). The average molecular weight is 2270 g/mol. The van der Waals surface area contributed by atoms with Gasteiger partial charge < -0.3 is 0 Å². The fourth-order valence-corrected chi connectivity index (χ4v) is 19.4. The second kappa shape index (κ2) is 60.1. The van der Waals surface area contributed by atoms with E-state index in [2.05, 4.69) is 413 Å². The predicted octanol–water partition coefficient (Wildman–Crippen LogP) is 39.9. The van der Waals surface area contributed by atoms with Crippen molar-refractivity contribution in [3.05, 3.63) is 505 Å². The molecule has 0 saturated carbocycles. The van der Waals surface area contributed by atoms with Crippen molar-refractivity contribution in [3.63, 3.8) is 0 Å². The Labute approximate surface area is 998 Å². The molecule has 0 heterocycles. The van der Waals surface area contributed by atoms with E-state index in [1.807, 2.05) is 161 Å². The average Bonchev–Trinajstić information content (AvgIpc) is 1.56. The Morgan fingerprint density at radius 2 is 0.562 bits per heavy atom. The van der Waals surface area contributed by atoms with Crippen LogP contribution in [0.1, 0.15) is 180 Å². The molecule has 0 amide bonds. The molecule has 0 bridgehead atoms. The summed E-state index contributed by atoms with van der Waals surface area (Å²) in [5, 5.41) is 17.6. The molecule has 5 radical (unpaired) electrons. The summed E-state index contributed by atoms with van der Waals surface area (Å²) in [7, 11) is 0. The van der Waals surface area contributed by atoms with Gasteiger partial charge in [-0.15, -0.1) is 154 Å². The molecule has 0 aromatic heterocycles. The minimum Gasteiger partial charge on any atom is -0.209 e. The summed E-state index contributed by atoms with van der Waals surface area (Å²) in [5.41, 5.74) is 38.3. The summed E-state index contributed by atoms with van der Waals surface area (Å²) >= 11 is 0. The van der Waals surface area contributed by atoms with Gasteiger partial charge in [0.25, 0.3) is 0 Å². The number of rotatable bonds is 5. The number of hydrogen-bond acceptors (Lipinski definition) is 0. The summed E-state index contributed by atoms with van der Waals surface area (Å²) < 4.78 is 0. The van der Waals surface area contributed by atoms with Gasteiger partial charge in [-0.2, -0.15) is 161 Å². The predicted molar refractivity (Wildman–Crippen MR) is 614 cm³/mol. The third-order valence-corrected chi connectivity index (χ3v) is 25.3. The van der Waals surface area contributed by atoms with Gasteiger partial charge in [0.15, 0.2) is 0 Å². The molecule has 5 aliphatic rings. The molecule has 0 nitrogen and oxygen atoms in total. The van der Waals surface area contributed by atoms with Crippen LogP contribution in [-0.2, 0) is 196 Å². The van der Waals surface area contributed by atoms with Crippen molar-refractivity contribution in [2.75, 3.05) is 0 Å². The van der Waals surface area contributed by atoms with Crippen molar-refractivity contribution in [2.45, 2.75) is 157 Å². The molecule has 5 aliphatic carbocycles. The molecule has 0 N–H and O–H groups in total. The Morgan fingerprint density at radius 3 is 1.13 bits per heavy atom. The molecule has 717 valence electrons. The smallest absolute Gasteiger partial charge is 0 e. The summed E-state index contributed by atoms with van der Waals surface area (Å²) in [5.74, 6) is 0. The van der Waals surface area contributed by atoms with Gasteiger partial charge in [-0.1, -0.05) is 440 Å². The first-order valence-corrected chi connectivity index (χ1v) is 51.5. The molecular formula is C141H128Y5-10. The van der Waals surface area contributed by atoms with Gasteiger partial charge in [0.1, 0.15) is 0 Å². The standard InChI is InChI=1S/C31H18.4C23H14.9C2H6.5Y/c1-2-8-21-15-25(14-13-20(21)7-1)28-18-24-11-5-6-12-27(24)30-19-26-16-22-9-3-4-10-23(22)17-29(26)31(28)30;1-2-7-17-14-19(13-12-16(17)6-1)22-11-5-9-20-15-18-8-3-4-10-21(18)23(20)22;1-2-6-17-13-18(10-9-16(17)5-1)19-11-12-21-14-20-7-3-4-8-22(20)23(21)15-19;1-2-8-16(9-3-1)21-15-23-18-11-5-4-10-17(18)14-22(23)20-13-7-6-12-19(20)21;1-2-6-16(7-3-1)19-10-11-20-13-21-12-17-8-4-5-9-18(17)14-23(21)22(20)15-19;9*1-2;;;;;/h1-13,15-17H,19H2;1-10,12-13H,15H2;1-9,11-13H,14H2;1-8,10-13H,14H2;1-6,8-12,14H,13H2;9*1-2H3;;;;;/q5*-2;;;;;;;;;;;;;;. The zero-order chi connectivity index (χ0) is 99.3. The monoisotopic (exact) mass is 2270 g/mol. The molecule has 22 aromatic carbocycles. The van der Waals surface area contributed by atoms with Crippen molar-refractivity contribution in [2.24, 2.45) is 0 Å². The van der Waals surface area contributed by atoms with Crippen molar-refractivity contribution >= 4 is 75.4 Å².